The highest BCUT2D eigenvalue weighted by Crippen LogP contribution is 2.37. The molecule has 6 heteroatoms. The van der Waals surface area contributed by atoms with E-state index in [-0.39, 0.29) is 0 Å². The topological polar surface area (TPSA) is 77.3 Å². The van der Waals surface area contributed by atoms with E-state index in [2.05, 4.69) is 84.5 Å². The second-order valence-electron chi connectivity index (χ2n) is 6.99. The van der Waals surface area contributed by atoms with Gasteiger partial charge in [-0.15, -0.1) is 0 Å². The van der Waals surface area contributed by atoms with Crippen molar-refractivity contribution in [2.24, 2.45) is 0 Å². The Morgan fingerprint density at radius 2 is 1.17 bits per heavy atom. The maximum atomic E-state index is 4.37. The number of fused-ring (bicyclic) bond motifs is 5. The SMILES string of the molecule is c1ccc2c(c1)c(-c1ncncn1)cc1ccc3cc(-c4ncncn4)ccc3c12. The summed E-state index contributed by atoms with van der Waals surface area (Å²) < 4.78 is 0. The average molecular weight is 386 g/mol. The van der Waals surface area contributed by atoms with E-state index in [0.29, 0.717) is 11.6 Å². The predicted octanol–water partition coefficient (Wildman–Crippen LogP) is 4.85. The van der Waals surface area contributed by atoms with Crippen LogP contribution in [0.5, 0.6) is 0 Å². The molecule has 2 aromatic heterocycles. The molecule has 0 amide bonds. The van der Waals surface area contributed by atoms with Crippen LogP contribution in [0.3, 0.4) is 0 Å². The van der Waals surface area contributed by atoms with Crippen LogP contribution in [0.15, 0.2) is 86.0 Å². The van der Waals surface area contributed by atoms with Crippen molar-refractivity contribution < 1.29 is 0 Å². The van der Waals surface area contributed by atoms with Gasteiger partial charge in [0.1, 0.15) is 25.3 Å². The lowest BCUT2D eigenvalue weighted by Crippen LogP contribution is -1.92. The summed E-state index contributed by atoms with van der Waals surface area (Å²) >= 11 is 0. The van der Waals surface area contributed by atoms with Gasteiger partial charge in [0.25, 0.3) is 0 Å². The van der Waals surface area contributed by atoms with Crippen LogP contribution in [0.4, 0.5) is 0 Å². The summed E-state index contributed by atoms with van der Waals surface area (Å²) in [6.07, 6.45) is 6.10. The van der Waals surface area contributed by atoms with E-state index in [1.165, 1.54) is 41.5 Å². The van der Waals surface area contributed by atoms with Crippen LogP contribution in [-0.4, -0.2) is 29.9 Å². The zero-order chi connectivity index (χ0) is 19.9. The average Bonchev–Trinajstić information content (AvgIpc) is 2.84. The molecule has 140 valence electrons. The first kappa shape index (κ1) is 16.6. The van der Waals surface area contributed by atoms with Crippen LogP contribution in [0.2, 0.25) is 0 Å². The van der Waals surface area contributed by atoms with Crippen molar-refractivity contribution in [3.63, 3.8) is 0 Å². The van der Waals surface area contributed by atoms with Crippen molar-refractivity contribution in [3.8, 4) is 22.8 Å². The van der Waals surface area contributed by atoms with Gasteiger partial charge in [-0.1, -0.05) is 48.5 Å². The molecule has 0 saturated carbocycles. The molecule has 30 heavy (non-hydrogen) atoms. The first-order valence-corrected chi connectivity index (χ1v) is 9.51. The van der Waals surface area contributed by atoms with Crippen molar-refractivity contribution in [1.29, 1.82) is 0 Å². The van der Waals surface area contributed by atoms with Gasteiger partial charge < -0.3 is 0 Å². The molecular formula is C24H14N6. The molecule has 6 rings (SSSR count). The van der Waals surface area contributed by atoms with Crippen molar-refractivity contribution in [3.05, 3.63) is 86.0 Å². The third-order valence-corrected chi connectivity index (χ3v) is 5.32. The van der Waals surface area contributed by atoms with Crippen LogP contribution >= 0.6 is 0 Å². The van der Waals surface area contributed by atoms with E-state index in [1.807, 2.05) is 6.07 Å². The number of hydrogen-bond donors (Lipinski definition) is 0. The fourth-order valence-corrected chi connectivity index (χ4v) is 4.03. The van der Waals surface area contributed by atoms with Crippen molar-refractivity contribution in [2.45, 2.75) is 0 Å². The Labute approximate surface area is 171 Å². The molecule has 0 spiro atoms. The largest absolute Gasteiger partial charge is 0.225 e. The Bertz CT molecular complexity index is 1530. The molecule has 6 aromatic rings. The zero-order valence-electron chi connectivity index (χ0n) is 15.8. The van der Waals surface area contributed by atoms with Crippen molar-refractivity contribution in [2.75, 3.05) is 0 Å². The summed E-state index contributed by atoms with van der Waals surface area (Å²) in [7, 11) is 0. The molecule has 0 aliphatic heterocycles. The molecule has 2 heterocycles. The van der Waals surface area contributed by atoms with E-state index in [1.54, 1.807) is 0 Å². The Morgan fingerprint density at radius 3 is 1.93 bits per heavy atom. The molecule has 0 fully saturated rings. The van der Waals surface area contributed by atoms with Crippen LogP contribution < -0.4 is 0 Å². The maximum Gasteiger partial charge on any atom is 0.163 e. The third-order valence-electron chi connectivity index (χ3n) is 5.32. The van der Waals surface area contributed by atoms with Crippen LogP contribution in [0.25, 0.3) is 55.1 Å². The Kier molecular flexibility index (Phi) is 3.67. The van der Waals surface area contributed by atoms with Gasteiger partial charge in [-0.05, 0) is 44.5 Å². The minimum Gasteiger partial charge on any atom is -0.225 e. The van der Waals surface area contributed by atoms with E-state index < -0.39 is 0 Å². The molecule has 0 atom stereocenters. The van der Waals surface area contributed by atoms with Gasteiger partial charge in [0.15, 0.2) is 11.6 Å². The van der Waals surface area contributed by atoms with Gasteiger partial charge in [0.2, 0.25) is 0 Å². The monoisotopic (exact) mass is 386 g/mol. The van der Waals surface area contributed by atoms with Crippen LogP contribution in [-0.2, 0) is 0 Å². The van der Waals surface area contributed by atoms with Gasteiger partial charge in [-0.2, -0.15) is 0 Å². The number of hydrogen-bond acceptors (Lipinski definition) is 6. The van der Waals surface area contributed by atoms with E-state index in [4.69, 9.17) is 0 Å². The molecular weight excluding hydrogens is 372 g/mol. The maximum absolute atomic E-state index is 4.37. The summed E-state index contributed by atoms with van der Waals surface area (Å²) in [5, 5.41) is 6.96. The summed E-state index contributed by atoms with van der Waals surface area (Å²) in [5.74, 6) is 1.34. The highest BCUT2D eigenvalue weighted by Gasteiger charge is 2.13. The number of benzene rings is 4. The van der Waals surface area contributed by atoms with Gasteiger partial charge >= 0.3 is 0 Å². The number of nitrogens with zero attached hydrogens (tertiary/aromatic N) is 6. The second kappa shape index (κ2) is 6.63. The zero-order valence-corrected chi connectivity index (χ0v) is 15.8. The van der Waals surface area contributed by atoms with E-state index in [9.17, 15) is 0 Å². The van der Waals surface area contributed by atoms with E-state index in [0.717, 1.165) is 27.3 Å². The molecule has 0 aliphatic carbocycles. The molecule has 0 bridgehead atoms. The highest BCUT2D eigenvalue weighted by atomic mass is 15.0. The minimum atomic E-state index is 0.669. The second-order valence-corrected chi connectivity index (χ2v) is 6.99. The summed E-state index contributed by atoms with van der Waals surface area (Å²) in [5.41, 5.74) is 1.97. The lowest BCUT2D eigenvalue weighted by molar-refractivity contribution is 1.06. The first-order chi connectivity index (χ1) is 14.9. The first-order valence-electron chi connectivity index (χ1n) is 9.51. The number of rotatable bonds is 2. The normalized spacial score (nSPS) is 11.3. The van der Waals surface area contributed by atoms with Gasteiger partial charge in [-0.25, -0.2) is 29.9 Å². The lowest BCUT2D eigenvalue weighted by Gasteiger charge is -2.12. The van der Waals surface area contributed by atoms with Crippen LogP contribution in [0, 0.1) is 0 Å². The lowest BCUT2D eigenvalue weighted by atomic mass is 9.92. The predicted molar refractivity (Wildman–Crippen MR) is 117 cm³/mol. The molecule has 0 unspecified atom stereocenters. The van der Waals surface area contributed by atoms with Crippen molar-refractivity contribution in [1.82, 2.24) is 29.9 Å². The molecule has 4 aromatic carbocycles. The van der Waals surface area contributed by atoms with Gasteiger partial charge in [0, 0.05) is 11.1 Å². The minimum absolute atomic E-state index is 0.669. The molecule has 0 aliphatic rings. The molecule has 0 saturated heterocycles. The van der Waals surface area contributed by atoms with Crippen LogP contribution in [0.1, 0.15) is 0 Å². The fraction of sp³-hybridized carbons (Fsp3) is 0. The smallest absolute Gasteiger partial charge is 0.163 e. The van der Waals surface area contributed by atoms with E-state index >= 15 is 0 Å². The quantitative estimate of drug-likeness (QED) is 0.396. The highest BCUT2D eigenvalue weighted by molar-refractivity contribution is 6.23. The number of aromatic nitrogens is 6. The summed E-state index contributed by atoms with van der Waals surface area (Å²) in [4.78, 5) is 25.1. The summed E-state index contributed by atoms with van der Waals surface area (Å²) in [6, 6.07) is 21.1. The van der Waals surface area contributed by atoms with Gasteiger partial charge in [0.05, 0.1) is 0 Å². The molecule has 0 N–H and O–H groups in total. The molecule has 0 radical (unpaired) electrons. The Balaban J connectivity index is 1.68. The van der Waals surface area contributed by atoms with Gasteiger partial charge in [-0.3, -0.25) is 0 Å². The Morgan fingerprint density at radius 1 is 0.500 bits per heavy atom. The molecule has 6 nitrogen and oxygen atoms in total. The van der Waals surface area contributed by atoms with Crippen molar-refractivity contribution >= 4 is 32.3 Å². The standard InChI is InChI=1S/C24H14N6/c1-2-4-20-19(3-1)21(24-29-13-26-14-30-24)10-16-6-5-15-9-17(7-8-18(15)22(16)20)23-27-11-25-12-28-23/h1-14H. The third kappa shape index (κ3) is 2.58. The fourth-order valence-electron chi connectivity index (χ4n) is 4.03. The Hall–Kier alpha value is -4.32. The summed E-state index contributed by atoms with van der Waals surface area (Å²) in [6.45, 7) is 0.